The van der Waals surface area contributed by atoms with Crippen molar-refractivity contribution in [1.82, 2.24) is 14.9 Å². The number of alkyl halides is 3. The number of hydrogen-bond donors (Lipinski definition) is 4. The van der Waals surface area contributed by atoms with Gasteiger partial charge in [-0.25, -0.2) is 4.79 Å². The molecule has 1 aromatic heterocycles. The number of aliphatic hydroxyl groups is 2. The molecule has 0 saturated carbocycles. The van der Waals surface area contributed by atoms with Gasteiger partial charge < -0.3 is 20.3 Å². The number of halogens is 3. The second-order valence-electron chi connectivity index (χ2n) is 5.48. The molecular formula is C14H16F3N3O6. The van der Waals surface area contributed by atoms with Crippen LogP contribution in [0.2, 0.25) is 0 Å². The molecule has 0 aliphatic carbocycles. The summed E-state index contributed by atoms with van der Waals surface area (Å²) in [6.07, 6.45) is -4.48. The van der Waals surface area contributed by atoms with Gasteiger partial charge in [0.25, 0.3) is 5.56 Å². The quantitative estimate of drug-likeness (QED) is 0.512. The molecule has 12 heteroatoms. The number of amides is 1. The van der Waals surface area contributed by atoms with Gasteiger partial charge in [0.2, 0.25) is 0 Å². The molecule has 2 heterocycles. The van der Waals surface area contributed by atoms with Crippen LogP contribution in [0.3, 0.4) is 0 Å². The number of rotatable bonds is 5. The van der Waals surface area contributed by atoms with Crippen molar-refractivity contribution in [3.63, 3.8) is 0 Å². The molecule has 1 amide bonds. The van der Waals surface area contributed by atoms with E-state index in [0.29, 0.717) is 0 Å². The normalized spacial score (nSPS) is 23.5. The molecule has 1 fully saturated rings. The van der Waals surface area contributed by atoms with E-state index in [9.17, 15) is 32.7 Å². The lowest BCUT2D eigenvalue weighted by molar-refractivity contribution is -0.173. The molecule has 26 heavy (non-hydrogen) atoms. The molecule has 2 rings (SSSR count). The highest BCUT2D eigenvalue weighted by molar-refractivity contribution is 5.81. The van der Waals surface area contributed by atoms with Crippen LogP contribution in [-0.4, -0.2) is 57.2 Å². The molecule has 3 atom stereocenters. The SMILES string of the molecule is O=C(NC/C=C/c1cn(C2CC(O)C(CO)O2)c(=O)[nH]c1=O)C(F)(F)F. The van der Waals surface area contributed by atoms with Crippen LogP contribution in [0.15, 0.2) is 21.9 Å². The van der Waals surface area contributed by atoms with Gasteiger partial charge in [-0.1, -0.05) is 12.2 Å². The van der Waals surface area contributed by atoms with E-state index in [-0.39, 0.29) is 12.0 Å². The van der Waals surface area contributed by atoms with Gasteiger partial charge in [0.15, 0.2) is 0 Å². The van der Waals surface area contributed by atoms with Crippen molar-refractivity contribution >= 4 is 12.0 Å². The Balaban J connectivity index is 2.13. The van der Waals surface area contributed by atoms with E-state index in [1.807, 2.05) is 4.98 Å². The van der Waals surface area contributed by atoms with Crippen LogP contribution >= 0.6 is 0 Å². The maximum Gasteiger partial charge on any atom is 0.471 e. The maximum atomic E-state index is 12.0. The molecule has 1 saturated heterocycles. The lowest BCUT2D eigenvalue weighted by Gasteiger charge is -2.14. The Hall–Kier alpha value is -2.44. The van der Waals surface area contributed by atoms with Crippen LogP contribution in [-0.2, 0) is 9.53 Å². The van der Waals surface area contributed by atoms with Crippen LogP contribution < -0.4 is 16.6 Å². The van der Waals surface area contributed by atoms with E-state index in [0.717, 1.165) is 22.9 Å². The van der Waals surface area contributed by atoms with Crippen molar-refractivity contribution in [2.75, 3.05) is 13.2 Å². The fourth-order valence-corrected chi connectivity index (χ4v) is 2.32. The molecule has 1 aromatic rings. The molecule has 0 radical (unpaired) electrons. The van der Waals surface area contributed by atoms with Gasteiger partial charge in [-0.3, -0.25) is 19.1 Å². The first-order chi connectivity index (χ1) is 12.1. The molecule has 0 bridgehead atoms. The van der Waals surface area contributed by atoms with Crippen molar-refractivity contribution in [2.45, 2.75) is 31.0 Å². The van der Waals surface area contributed by atoms with Crippen molar-refractivity contribution in [1.29, 1.82) is 0 Å². The van der Waals surface area contributed by atoms with Gasteiger partial charge in [-0.15, -0.1) is 0 Å². The number of ether oxygens (including phenoxy) is 1. The van der Waals surface area contributed by atoms with Crippen LogP contribution in [0.5, 0.6) is 0 Å². The molecule has 0 aromatic carbocycles. The largest absolute Gasteiger partial charge is 0.471 e. The minimum absolute atomic E-state index is 0.00196. The summed E-state index contributed by atoms with van der Waals surface area (Å²) in [4.78, 5) is 36.3. The minimum Gasteiger partial charge on any atom is -0.394 e. The van der Waals surface area contributed by atoms with Crippen molar-refractivity contribution in [2.24, 2.45) is 0 Å². The molecular weight excluding hydrogens is 363 g/mol. The van der Waals surface area contributed by atoms with E-state index < -0.39 is 54.9 Å². The summed E-state index contributed by atoms with van der Waals surface area (Å²) < 4.78 is 42.4. The number of H-pyrrole nitrogens is 1. The molecule has 3 unspecified atom stereocenters. The molecule has 1 aliphatic rings. The van der Waals surface area contributed by atoms with Crippen LogP contribution in [0, 0.1) is 0 Å². The number of carbonyl (C=O) groups excluding carboxylic acids is 1. The summed E-state index contributed by atoms with van der Waals surface area (Å²) in [6.45, 7) is -0.941. The summed E-state index contributed by atoms with van der Waals surface area (Å²) in [5.74, 6) is -2.12. The van der Waals surface area contributed by atoms with Gasteiger partial charge in [0.1, 0.15) is 12.3 Å². The first kappa shape index (κ1) is 19.9. The minimum atomic E-state index is -5.01. The predicted molar refractivity (Wildman–Crippen MR) is 81.0 cm³/mol. The van der Waals surface area contributed by atoms with Crippen molar-refractivity contribution in [3.05, 3.63) is 38.7 Å². The van der Waals surface area contributed by atoms with E-state index in [2.05, 4.69) is 0 Å². The fourth-order valence-electron chi connectivity index (χ4n) is 2.32. The van der Waals surface area contributed by atoms with Crippen LogP contribution in [0.1, 0.15) is 18.2 Å². The zero-order valence-electron chi connectivity index (χ0n) is 13.2. The number of aliphatic hydroxyl groups excluding tert-OH is 2. The average Bonchev–Trinajstić information content (AvgIpc) is 2.92. The second-order valence-corrected chi connectivity index (χ2v) is 5.48. The van der Waals surface area contributed by atoms with Crippen LogP contribution in [0.4, 0.5) is 13.2 Å². The Morgan fingerprint density at radius 1 is 1.46 bits per heavy atom. The lowest BCUT2D eigenvalue weighted by atomic mass is 10.2. The highest BCUT2D eigenvalue weighted by atomic mass is 19.4. The summed E-state index contributed by atoms with van der Waals surface area (Å²) in [6, 6.07) is 0. The van der Waals surface area contributed by atoms with Gasteiger partial charge in [-0.05, 0) is 0 Å². The Bertz CT molecular complexity index is 800. The lowest BCUT2D eigenvalue weighted by Crippen LogP contribution is -2.36. The Kier molecular flexibility index (Phi) is 6.00. The van der Waals surface area contributed by atoms with Gasteiger partial charge in [0.05, 0.1) is 18.3 Å². The third-order valence-electron chi connectivity index (χ3n) is 3.63. The van der Waals surface area contributed by atoms with E-state index in [4.69, 9.17) is 9.84 Å². The van der Waals surface area contributed by atoms with Crippen molar-refractivity contribution in [3.8, 4) is 0 Å². The van der Waals surface area contributed by atoms with Crippen molar-refractivity contribution < 1.29 is 32.9 Å². The first-order valence-corrected chi connectivity index (χ1v) is 7.45. The number of aromatic amines is 1. The number of hydrogen-bond acceptors (Lipinski definition) is 6. The number of aromatic nitrogens is 2. The molecule has 0 spiro atoms. The van der Waals surface area contributed by atoms with Crippen LogP contribution in [0.25, 0.3) is 6.08 Å². The third kappa shape index (κ3) is 4.59. The third-order valence-corrected chi connectivity index (χ3v) is 3.63. The predicted octanol–water partition coefficient (Wildman–Crippen LogP) is -1.13. The Labute approximate surface area is 143 Å². The Morgan fingerprint density at radius 2 is 2.15 bits per heavy atom. The van der Waals surface area contributed by atoms with E-state index in [1.54, 1.807) is 5.32 Å². The highest BCUT2D eigenvalue weighted by Crippen LogP contribution is 2.27. The van der Waals surface area contributed by atoms with E-state index in [1.165, 1.54) is 0 Å². The summed E-state index contributed by atoms with van der Waals surface area (Å²) in [5.41, 5.74) is -1.67. The average molecular weight is 379 g/mol. The zero-order valence-corrected chi connectivity index (χ0v) is 13.2. The monoisotopic (exact) mass is 379 g/mol. The number of carbonyl (C=O) groups is 1. The molecule has 4 N–H and O–H groups in total. The molecule has 1 aliphatic heterocycles. The summed E-state index contributed by atoms with van der Waals surface area (Å²) in [7, 11) is 0. The highest BCUT2D eigenvalue weighted by Gasteiger charge is 2.38. The van der Waals surface area contributed by atoms with Gasteiger partial charge in [-0.2, -0.15) is 13.2 Å². The standard InChI is InChI=1S/C14H16F3N3O6/c15-14(16,17)12(24)18-3-1-2-7-5-20(13(25)19-11(7)23)10-4-8(22)9(6-21)26-10/h1-2,5,8-10,21-22H,3-4,6H2,(H,18,24)(H,19,23,25)/b2-1+. The topological polar surface area (TPSA) is 134 Å². The Morgan fingerprint density at radius 3 is 2.73 bits per heavy atom. The second kappa shape index (κ2) is 7.85. The summed E-state index contributed by atoms with van der Waals surface area (Å²) in [5, 5.41) is 20.4. The number of nitrogens with one attached hydrogen (secondary N) is 2. The van der Waals surface area contributed by atoms with Gasteiger partial charge >= 0.3 is 17.8 Å². The first-order valence-electron chi connectivity index (χ1n) is 7.45. The van der Waals surface area contributed by atoms with Gasteiger partial charge in [0, 0.05) is 19.2 Å². The summed E-state index contributed by atoms with van der Waals surface area (Å²) >= 11 is 0. The molecule has 144 valence electrons. The van der Waals surface area contributed by atoms with E-state index >= 15 is 0 Å². The number of nitrogens with zero attached hydrogens (tertiary/aromatic N) is 1. The zero-order chi connectivity index (χ0) is 19.5. The molecule has 9 nitrogen and oxygen atoms in total. The maximum absolute atomic E-state index is 12.0. The smallest absolute Gasteiger partial charge is 0.394 e. The fraction of sp³-hybridized carbons (Fsp3) is 0.500.